The lowest BCUT2D eigenvalue weighted by atomic mass is 10.7. The number of alkyl halides is 7. The second kappa shape index (κ2) is 2.45. The first kappa shape index (κ1) is 10.5. The molecule has 0 aromatic rings. The minimum absolute atomic E-state index is 1.72. The molecule has 1 aliphatic carbocycles. The zero-order chi connectivity index (χ0) is 9.78. The van der Waals surface area contributed by atoms with Gasteiger partial charge in [-0.1, -0.05) is 11.6 Å². The second-order valence-corrected chi connectivity index (χ2v) is 3.56. The molecule has 0 aromatic carbocycles. The Morgan fingerprint density at radius 3 is 1.67 bits per heavy atom. The Hall–Kier alpha value is 0.380. The number of hydrogen-bond donors (Lipinski definition) is 0. The molecule has 8 heteroatoms. The van der Waals surface area contributed by atoms with Crippen LogP contribution in [0.5, 0.6) is 0 Å². The van der Waals surface area contributed by atoms with Crippen molar-refractivity contribution in [2.75, 3.05) is 0 Å². The molecular formula is C4HBrClF5O. The minimum Gasteiger partial charge on any atom is -0.290 e. The van der Waals surface area contributed by atoms with Gasteiger partial charge in [0, 0.05) is 0 Å². The zero-order valence-electron chi connectivity index (χ0n) is 5.13. The summed E-state index contributed by atoms with van der Waals surface area (Å²) in [5.74, 6) is -11.3. The van der Waals surface area contributed by atoms with Gasteiger partial charge in [-0.25, -0.2) is 8.78 Å². The average Bonchev–Trinajstić information content (AvgIpc) is 2.08. The maximum Gasteiger partial charge on any atom is 0.359 e. The first-order valence-electron chi connectivity index (χ1n) is 2.57. The van der Waals surface area contributed by atoms with Crippen LogP contribution in [0, 0.1) is 0 Å². The van der Waals surface area contributed by atoms with Crippen molar-refractivity contribution in [3.63, 3.8) is 0 Å². The highest BCUT2D eigenvalue weighted by molar-refractivity contribution is 9.10. The maximum absolute atomic E-state index is 12.6. The Labute approximate surface area is 76.9 Å². The number of rotatable bonds is 2. The lowest BCUT2D eigenvalue weighted by molar-refractivity contribution is -0.174. The molecule has 0 aromatic heterocycles. The lowest BCUT2D eigenvalue weighted by Gasteiger charge is -2.06. The van der Waals surface area contributed by atoms with Gasteiger partial charge >= 0.3 is 11.8 Å². The van der Waals surface area contributed by atoms with Crippen LogP contribution in [0.4, 0.5) is 22.0 Å². The van der Waals surface area contributed by atoms with Crippen LogP contribution < -0.4 is 0 Å². The third kappa shape index (κ3) is 0.990. The van der Waals surface area contributed by atoms with E-state index in [4.69, 9.17) is 0 Å². The minimum atomic E-state index is -4.43. The summed E-state index contributed by atoms with van der Waals surface area (Å²) in [7, 11) is 0. The summed E-state index contributed by atoms with van der Waals surface area (Å²) >= 11 is 6.12. The zero-order valence-corrected chi connectivity index (χ0v) is 7.47. The highest BCUT2D eigenvalue weighted by Gasteiger charge is 2.98. The van der Waals surface area contributed by atoms with Gasteiger partial charge in [-0.15, -0.1) is 0 Å². The van der Waals surface area contributed by atoms with E-state index in [0.717, 1.165) is 0 Å². The van der Waals surface area contributed by atoms with E-state index in [-0.39, 0.29) is 0 Å². The molecule has 0 spiro atoms. The molecule has 1 saturated carbocycles. The van der Waals surface area contributed by atoms with E-state index in [9.17, 15) is 22.0 Å². The van der Waals surface area contributed by atoms with Crippen LogP contribution in [0.2, 0.25) is 0 Å². The quantitative estimate of drug-likeness (QED) is 0.556. The molecule has 0 heterocycles. The van der Waals surface area contributed by atoms with Gasteiger partial charge in [0.15, 0.2) is 0 Å². The summed E-state index contributed by atoms with van der Waals surface area (Å²) in [4.78, 5) is 0. The summed E-state index contributed by atoms with van der Waals surface area (Å²) in [6, 6.07) is 0. The molecule has 1 aliphatic rings. The van der Waals surface area contributed by atoms with Crippen LogP contribution in [0.15, 0.2) is 0 Å². The van der Waals surface area contributed by atoms with Gasteiger partial charge in [-0.05, 0) is 15.9 Å². The normalized spacial score (nSPS) is 47.2. The van der Waals surface area contributed by atoms with E-state index < -0.39 is 22.2 Å². The predicted molar refractivity (Wildman–Crippen MR) is 33.4 cm³/mol. The smallest absolute Gasteiger partial charge is 0.290 e. The van der Waals surface area contributed by atoms with Gasteiger partial charge in [-0.2, -0.15) is 13.2 Å². The number of ether oxygens (including phenoxy) is 1. The molecule has 0 radical (unpaired) electrons. The van der Waals surface area contributed by atoms with Crippen molar-refractivity contribution in [1.82, 2.24) is 0 Å². The Balaban J connectivity index is 2.78. The number of hydrogen-bond acceptors (Lipinski definition) is 1. The van der Waals surface area contributed by atoms with Crippen LogP contribution in [-0.4, -0.2) is 22.2 Å². The van der Waals surface area contributed by atoms with E-state index in [2.05, 4.69) is 16.3 Å². The topological polar surface area (TPSA) is 9.23 Å². The molecular weight excluding hydrogens is 274 g/mol. The molecule has 0 N–H and O–H groups in total. The van der Waals surface area contributed by atoms with Crippen LogP contribution in [0.3, 0.4) is 0 Å². The van der Waals surface area contributed by atoms with E-state index in [0.29, 0.717) is 0 Å². The van der Waals surface area contributed by atoms with Gasteiger partial charge in [-0.3, -0.25) is 4.74 Å². The summed E-state index contributed by atoms with van der Waals surface area (Å²) in [6.45, 7) is 0. The SMILES string of the molecule is FC(Cl)OC1(F)C(F)(F)C1(F)Br. The highest BCUT2D eigenvalue weighted by Crippen LogP contribution is 2.71. The molecule has 1 fully saturated rings. The first-order valence-corrected chi connectivity index (χ1v) is 3.80. The predicted octanol–water partition coefficient (Wildman–Crippen LogP) is 2.87. The summed E-state index contributed by atoms with van der Waals surface area (Å²) < 4.78 is 60.6. The standard InChI is InChI=1S/C4HBrClF5O/c5-2(8)3(9,10)4(2,11)12-1(6)7/h1H. The van der Waals surface area contributed by atoms with Gasteiger partial charge < -0.3 is 0 Å². The van der Waals surface area contributed by atoms with Crippen LogP contribution >= 0.6 is 27.5 Å². The summed E-state index contributed by atoms with van der Waals surface area (Å²) in [5.41, 5.74) is 0. The summed E-state index contributed by atoms with van der Waals surface area (Å²) in [6.07, 6.45) is 0. The van der Waals surface area contributed by atoms with Crippen molar-refractivity contribution in [1.29, 1.82) is 0 Å². The largest absolute Gasteiger partial charge is 0.359 e. The van der Waals surface area contributed by atoms with Crippen LogP contribution in [0.1, 0.15) is 0 Å². The molecule has 72 valence electrons. The number of halogens is 7. The molecule has 0 saturated heterocycles. The monoisotopic (exact) mass is 274 g/mol. The van der Waals surface area contributed by atoms with Gasteiger partial charge in [0.2, 0.25) is 0 Å². The Kier molecular flexibility index (Phi) is 2.13. The second-order valence-electron chi connectivity index (χ2n) is 2.12. The van der Waals surface area contributed by atoms with Gasteiger partial charge in [0.05, 0.1) is 0 Å². The van der Waals surface area contributed by atoms with E-state index >= 15 is 0 Å². The molecule has 1 rings (SSSR count). The van der Waals surface area contributed by atoms with E-state index in [1.165, 1.54) is 0 Å². The average molecular weight is 275 g/mol. The van der Waals surface area contributed by atoms with Gasteiger partial charge in [0.25, 0.3) is 10.4 Å². The van der Waals surface area contributed by atoms with Crippen LogP contribution in [0.25, 0.3) is 0 Å². The molecule has 0 amide bonds. The molecule has 0 bridgehead atoms. The van der Waals surface area contributed by atoms with Crippen LogP contribution in [-0.2, 0) is 4.74 Å². The maximum atomic E-state index is 12.6. The molecule has 0 aliphatic heterocycles. The molecule has 1 nitrogen and oxygen atoms in total. The third-order valence-electron chi connectivity index (χ3n) is 1.39. The Morgan fingerprint density at radius 2 is 1.58 bits per heavy atom. The third-order valence-corrected chi connectivity index (χ3v) is 2.49. The molecule has 3 atom stereocenters. The molecule has 12 heavy (non-hydrogen) atoms. The van der Waals surface area contributed by atoms with Crippen molar-refractivity contribution in [3.8, 4) is 0 Å². The first-order chi connectivity index (χ1) is 5.17. The fourth-order valence-electron chi connectivity index (χ4n) is 0.634. The van der Waals surface area contributed by atoms with E-state index in [1.54, 1.807) is 15.9 Å². The fraction of sp³-hybridized carbons (Fsp3) is 1.00. The van der Waals surface area contributed by atoms with Crippen molar-refractivity contribution >= 4 is 27.5 Å². The fourth-order valence-corrected chi connectivity index (χ4v) is 1.26. The highest BCUT2D eigenvalue weighted by atomic mass is 79.9. The van der Waals surface area contributed by atoms with Gasteiger partial charge in [0.1, 0.15) is 0 Å². The van der Waals surface area contributed by atoms with E-state index in [1.807, 2.05) is 0 Å². The van der Waals surface area contributed by atoms with Crippen molar-refractivity contribution < 1.29 is 26.7 Å². The van der Waals surface area contributed by atoms with Crippen molar-refractivity contribution in [2.24, 2.45) is 0 Å². The Morgan fingerprint density at radius 1 is 1.25 bits per heavy atom. The molecule has 3 unspecified atom stereocenters. The lowest BCUT2D eigenvalue weighted by Crippen LogP contribution is -2.21. The van der Waals surface area contributed by atoms with Crippen molar-refractivity contribution in [3.05, 3.63) is 0 Å². The summed E-state index contributed by atoms with van der Waals surface area (Å²) in [5, 5.41) is 0. The Bertz CT molecular complexity index is 194. The van der Waals surface area contributed by atoms with Crippen molar-refractivity contribution in [2.45, 2.75) is 22.2 Å².